The Bertz CT molecular complexity index is 537. The van der Waals surface area contributed by atoms with Crippen LogP contribution in [0.1, 0.15) is 23.2 Å². The lowest BCUT2D eigenvalue weighted by Gasteiger charge is -2.02. The molecule has 1 aromatic heterocycles. The van der Waals surface area contributed by atoms with Crippen molar-refractivity contribution in [2.24, 2.45) is 0 Å². The van der Waals surface area contributed by atoms with E-state index < -0.39 is 0 Å². The first-order valence-electron chi connectivity index (χ1n) is 5.77. The smallest absolute Gasteiger partial charge is 0.136 e. The van der Waals surface area contributed by atoms with Gasteiger partial charge < -0.3 is 9.15 Å². The summed E-state index contributed by atoms with van der Waals surface area (Å²) in [5.74, 6) is 1.80. The van der Waals surface area contributed by atoms with E-state index >= 15 is 0 Å². The largest absolute Gasteiger partial charge is 0.463 e. The minimum Gasteiger partial charge on any atom is -0.463 e. The average molecular weight is 226 g/mol. The molecule has 17 heavy (non-hydrogen) atoms. The zero-order valence-electron chi connectivity index (χ0n) is 9.72. The van der Waals surface area contributed by atoms with E-state index in [2.05, 4.69) is 18.2 Å². The molecule has 1 aliphatic rings. The van der Waals surface area contributed by atoms with Crippen LogP contribution in [0.15, 0.2) is 53.0 Å². The first-order valence-corrected chi connectivity index (χ1v) is 5.77. The van der Waals surface area contributed by atoms with E-state index in [4.69, 9.17) is 9.15 Å². The van der Waals surface area contributed by atoms with Crippen molar-refractivity contribution in [1.82, 2.24) is 0 Å². The summed E-state index contributed by atoms with van der Waals surface area (Å²) in [7, 11) is 0. The van der Waals surface area contributed by atoms with E-state index in [1.807, 2.05) is 37.3 Å². The molecule has 0 bridgehead atoms. The zero-order valence-corrected chi connectivity index (χ0v) is 9.72. The molecule has 2 heterocycles. The van der Waals surface area contributed by atoms with Gasteiger partial charge in [-0.25, -0.2) is 0 Å². The number of ether oxygens (including phenoxy) is 1. The van der Waals surface area contributed by atoms with Crippen LogP contribution in [0.25, 0.3) is 5.57 Å². The second-order valence-electron chi connectivity index (χ2n) is 4.24. The van der Waals surface area contributed by atoms with E-state index in [-0.39, 0.29) is 6.10 Å². The highest BCUT2D eigenvalue weighted by Crippen LogP contribution is 2.32. The van der Waals surface area contributed by atoms with Crippen LogP contribution in [0.5, 0.6) is 0 Å². The van der Waals surface area contributed by atoms with Crippen LogP contribution in [-0.2, 0) is 4.74 Å². The van der Waals surface area contributed by atoms with Gasteiger partial charge in [0.15, 0.2) is 0 Å². The highest BCUT2D eigenvalue weighted by Gasteiger charge is 2.21. The van der Waals surface area contributed by atoms with Gasteiger partial charge in [-0.3, -0.25) is 0 Å². The first-order chi connectivity index (χ1) is 8.33. The third kappa shape index (κ3) is 2.04. The van der Waals surface area contributed by atoms with Crippen molar-refractivity contribution in [3.05, 3.63) is 65.6 Å². The predicted octanol–water partition coefficient (Wildman–Crippen LogP) is 3.74. The van der Waals surface area contributed by atoms with Gasteiger partial charge in [-0.1, -0.05) is 30.3 Å². The molecule has 0 saturated heterocycles. The van der Waals surface area contributed by atoms with Crippen molar-refractivity contribution in [2.75, 3.05) is 6.61 Å². The van der Waals surface area contributed by atoms with Crippen LogP contribution in [-0.4, -0.2) is 6.61 Å². The van der Waals surface area contributed by atoms with Gasteiger partial charge in [0.25, 0.3) is 0 Å². The van der Waals surface area contributed by atoms with Crippen molar-refractivity contribution < 1.29 is 9.15 Å². The Morgan fingerprint density at radius 1 is 1.06 bits per heavy atom. The van der Waals surface area contributed by atoms with Crippen molar-refractivity contribution in [1.29, 1.82) is 0 Å². The van der Waals surface area contributed by atoms with Gasteiger partial charge in [-0.15, -0.1) is 0 Å². The van der Waals surface area contributed by atoms with E-state index in [0.29, 0.717) is 6.61 Å². The maximum Gasteiger partial charge on any atom is 0.136 e. The standard InChI is InChI=1S/C15H14O2/c1-11-7-8-14(17-11)15-9-13(10-16-15)12-5-3-2-4-6-12/h2-9,15H,10H2,1H3. The number of hydrogen-bond donors (Lipinski definition) is 0. The SMILES string of the molecule is Cc1ccc(C2C=C(c3ccccc3)CO2)o1. The predicted molar refractivity (Wildman–Crippen MR) is 66.6 cm³/mol. The van der Waals surface area contributed by atoms with Crippen LogP contribution in [0.2, 0.25) is 0 Å². The van der Waals surface area contributed by atoms with Crippen LogP contribution in [0.3, 0.4) is 0 Å². The molecule has 0 saturated carbocycles. The quantitative estimate of drug-likeness (QED) is 0.778. The molecular weight excluding hydrogens is 212 g/mol. The Balaban J connectivity index is 1.86. The molecule has 1 aromatic carbocycles. The topological polar surface area (TPSA) is 22.4 Å². The first kappa shape index (κ1) is 10.4. The summed E-state index contributed by atoms with van der Waals surface area (Å²) in [6.07, 6.45) is 2.09. The van der Waals surface area contributed by atoms with Gasteiger partial charge in [0, 0.05) is 0 Å². The van der Waals surface area contributed by atoms with Gasteiger partial charge in [-0.05, 0) is 36.3 Å². The monoisotopic (exact) mass is 226 g/mol. The Morgan fingerprint density at radius 3 is 2.59 bits per heavy atom. The molecule has 0 N–H and O–H groups in total. The average Bonchev–Trinajstić information content (AvgIpc) is 2.98. The minimum absolute atomic E-state index is 0.0427. The lowest BCUT2D eigenvalue weighted by atomic mass is 10.1. The molecule has 1 atom stereocenters. The van der Waals surface area contributed by atoms with E-state index in [9.17, 15) is 0 Å². The van der Waals surface area contributed by atoms with Crippen LogP contribution in [0.4, 0.5) is 0 Å². The third-order valence-electron chi connectivity index (χ3n) is 2.96. The lowest BCUT2D eigenvalue weighted by Crippen LogP contribution is -1.93. The van der Waals surface area contributed by atoms with Gasteiger partial charge >= 0.3 is 0 Å². The molecule has 0 amide bonds. The maximum absolute atomic E-state index is 5.73. The van der Waals surface area contributed by atoms with Crippen molar-refractivity contribution in [3.8, 4) is 0 Å². The summed E-state index contributed by atoms with van der Waals surface area (Å²) in [5.41, 5.74) is 2.45. The Kier molecular flexibility index (Phi) is 2.57. The summed E-state index contributed by atoms with van der Waals surface area (Å²) in [4.78, 5) is 0. The minimum atomic E-state index is -0.0427. The molecule has 1 aliphatic heterocycles. The second kappa shape index (κ2) is 4.22. The van der Waals surface area contributed by atoms with Gasteiger partial charge in [-0.2, -0.15) is 0 Å². The molecule has 0 fully saturated rings. The van der Waals surface area contributed by atoms with Gasteiger partial charge in [0.1, 0.15) is 17.6 Å². The van der Waals surface area contributed by atoms with Crippen molar-refractivity contribution >= 4 is 5.57 Å². The molecule has 2 nitrogen and oxygen atoms in total. The highest BCUT2D eigenvalue weighted by molar-refractivity contribution is 5.68. The number of benzene rings is 1. The van der Waals surface area contributed by atoms with Gasteiger partial charge in [0.05, 0.1) is 6.61 Å². The molecule has 2 heteroatoms. The fraction of sp³-hybridized carbons (Fsp3) is 0.200. The normalized spacial score (nSPS) is 19.4. The number of furan rings is 1. The molecular formula is C15H14O2. The summed E-state index contributed by atoms with van der Waals surface area (Å²) in [5, 5.41) is 0. The lowest BCUT2D eigenvalue weighted by molar-refractivity contribution is 0.112. The van der Waals surface area contributed by atoms with Crippen LogP contribution >= 0.6 is 0 Å². The molecule has 0 aliphatic carbocycles. The Morgan fingerprint density at radius 2 is 1.88 bits per heavy atom. The summed E-state index contributed by atoms with van der Waals surface area (Å²) in [6.45, 7) is 2.59. The molecule has 0 radical (unpaired) electrons. The van der Waals surface area contributed by atoms with E-state index in [1.54, 1.807) is 0 Å². The molecule has 2 aromatic rings. The number of hydrogen-bond acceptors (Lipinski definition) is 2. The zero-order chi connectivity index (χ0) is 11.7. The van der Waals surface area contributed by atoms with Gasteiger partial charge in [0.2, 0.25) is 0 Å². The molecule has 0 spiro atoms. The fourth-order valence-corrected chi connectivity index (χ4v) is 2.06. The third-order valence-corrected chi connectivity index (χ3v) is 2.96. The fourth-order valence-electron chi connectivity index (χ4n) is 2.06. The van der Waals surface area contributed by atoms with Crippen LogP contribution in [0, 0.1) is 6.92 Å². The molecule has 3 rings (SSSR count). The Labute approximate surface area is 101 Å². The summed E-state index contributed by atoms with van der Waals surface area (Å²) in [6, 6.07) is 14.3. The number of aryl methyl sites for hydroxylation is 1. The summed E-state index contributed by atoms with van der Waals surface area (Å²) < 4.78 is 11.3. The van der Waals surface area contributed by atoms with Crippen molar-refractivity contribution in [3.63, 3.8) is 0 Å². The Hall–Kier alpha value is -1.80. The molecule has 86 valence electrons. The van der Waals surface area contributed by atoms with Crippen molar-refractivity contribution in [2.45, 2.75) is 13.0 Å². The highest BCUT2D eigenvalue weighted by atomic mass is 16.5. The number of rotatable bonds is 2. The molecule has 1 unspecified atom stereocenters. The second-order valence-corrected chi connectivity index (χ2v) is 4.24. The van der Waals surface area contributed by atoms with E-state index in [0.717, 1.165) is 11.5 Å². The maximum atomic E-state index is 5.73. The summed E-state index contributed by atoms with van der Waals surface area (Å²) >= 11 is 0. The van der Waals surface area contributed by atoms with Crippen LogP contribution < -0.4 is 0 Å². The van der Waals surface area contributed by atoms with E-state index in [1.165, 1.54) is 11.1 Å².